The second kappa shape index (κ2) is 6.42. The number of sulfonamides is 1. The Hall–Kier alpha value is -0.330. The molecule has 1 aliphatic carbocycles. The monoisotopic (exact) mass is 350 g/mol. The maximum atomic E-state index is 12.5. The van der Waals surface area contributed by atoms with Crippen LogP contribution in [0.1, 0.15) is 38.7 Å². The zero-order valence-electron chi connectivity index (χ0n) is 12.2. The summed E-state index contributed by atoms with van der Waals surface area (Å²) in [5.74, 6) is 0. The molecular formula is C14H20Cl2N2O2S. The minimum absolute atomic E-state index is 0.0922. The lowest BCUT2D eigenvalue weighted by Crippen LogP contribution is -2.50. The van der Waals surface area contributed by atoms with E-state index < -0.39 is 10.0 Å². The molecule has 2 rings (SSSR count). The van der Waals surface area contributed by atoms with Crippen molar-refractivity contribution in [2.45, 2.75) is 50.1 Å². The summed E-state index contributed by atoms with van der Waals surface area (Å²) < 4.78 is 27.8. The maximum absolute atomic E-state index is 12.5. The largest absolute Gasteiger partial charge is 0.313 e. The molecule has 0 saturated heterocycles. The topological polar surface area (TPSA) is 58.2 Å². The van der Waals surface area contributed by atoms with Gasteiger partial charge in [-0.3, -0.25) is 0 Å². The zero-order chi connectivity index (χ0) is 15.7. The van der Waals surface area contributed by atoms with E-state index in [1.807, 2.05) is 13.8 Å². The van der Waals surface area contributed by atoms with Crippen molar-refractivity contribution in [3.8, 4) is 0 Å². The summed E-state index contributed by atoms with van der Waals surface area (Å²) in [4.78, 5) is 0.0922. The van der Waals surface area contributed by atoms with Crippen LogP contribution in [0.4, 0.5) is 0 Å². The van der Waals surface area contributed by atoms with Gasteiger partial charge in [-0.25, -0.2) is 13.1 Å². The minimum Gasteiger partial charge on any atom is -0.313 e. The van der Waals surface area contributed by atoms with Crippen LogP contribution in [0.3, 0.4) is 0 Å². The van der Waals surface area contributed by atoms with Crippen molar-refractivity contribution < 1.29 is 8.42 Å². The predicted molar refractivity (Wildman–Crippen MR) is 86.4 cm³/mol. The second-order valence-corrected chi connectivity index (χ2v) is 8.14. The van der Waals surface area contributed by atoms with Gasteiger partial charge < -0.3 is 5.32 Å². The molecule has 0 spiro atoms. The number of benzene rings is 1. The van der Waals surface area contributed by atoms with Crippen LogP contribution in [0.5, 0.6) is 0 Å². The highest BCUT2D eigenvalue weighted by Gasteiger charge is 2.37. The van der Waals surface area contributed by atoms with Crippen molar-refractivity contribution in [2.75, 3.05) is 6.54 Å². The Kier molecular flexibility index (Phi) is 5.21. The van der Waals surface area contributed by atoms with Gasteiger partial charge in [0.25, 0.3) is 0 Å². The Balaban J connectivity index is 2.33. The summed E-state index contributed by atoms with van der Waals surface area (Å²) in [5, 5.41) is 3.75. The van der Waals surface area contributed by atoms with Crippen LogP contribution >= 0.6 is 23.2 Å². The molecule has 2 N–H and O–H groups in total. The third-order valence-electron chi connectivity index (χ3n) is 3.79. The lowest BCUT2D eigenvalue weighted by molar-refractivity contribution is 0.248. The van der Waals surface area contributed by atoms with Crippen LogP contribution < -0.4 is 10.0 Å². The first-order valence-corrected chi connectivity index (χ1v) is 9.24. The molecule has 1 aromatic carbocycles. The fourth-order valence-corrected chi connectivity index (χ4v) is 4.69. The van der Waals surface area contributed by atoms with Crippen LogP contribution in [0, 0.1) is 0 Å². The third kappa shape index (κ3) is 3.90. The second-order valence-electron chi connectivity index (χ2n) is 5.67. The summed E-state index contributed by atoms with van der Waals surface area (Å²) in [6, 6.07) is 3.05. The number of hydrogen-bond donors (Lipinski definition) is 2. The first-order valence-electron chi connectivity index (χ1n) is 7.00. The predicted octanol–water partition coefficient (Wildman–Crippen LogP) is 3.32. The van der Waals surface area contributed by atoms with Gasteiger partial charge in [0.2, 0.25) is 10.0 Å². The van der Waals surface area contributed by atoms with Gasteiger partial charge in [0.1, 0.15) is 4.90 Å². The van der Waals surface area contributed by atoms with Crippen molar-refractivity contribution in [1.29, 1.82) is 0 Å². The molecule has 1 aromatic rings. The standard InChI is InChI=1S/C14H20Cl2N2O2S/c1-3-17-9-10-7-13(12(16)8-11(10)15)21(19,20)18-14(2)5-4-6-14/h7-8,17-18H,3-6,9H2,1-2H3. The van der Waals surface area contributed by atoms with Crippen molar-refractivity contribution in [3.05, 3.63) is 27.7 Å². The van der Waals surface area contributed by atoms with E-state index in [2.05, 4.69) is 10.0 Å². The molecule has 7 heteroatoms. The molecule has 1 saturated carbocycles. The van der Waals surface area contributed by atoms with Gasteiger partial charge in [0, 0.05) is 17.1 Å². The highest BCUT2D eigenvalue weighted by molar-refractivity contribution is 7.89. The fourth-order valence-electron chi connectivity index (χ4n) is 2.36. The molecule has 21 heavy (non-hydrogen) atoms. The Labute approximate surface area is 136 Å². The van der Waals surface area contributed by atoms with Crippen LogP contribution in [-0.2, 0) is 16.6 Å². The van der Waals surface area contributed by atoms with E-state index in [0.717, 1.165) is 31.4 Å². The fraction of sp³-hybridized carbons (Fsp3) is 0.571. The molecular weight excluding hydrogens is 331 g/mol. The highest BCUT2D eigenvalue weighted by atomic mass is 35.5. The molecule has 0 aromatic heterocycles. The summed E-state index contributed by atoms with van der Waals surface area (Å²) >= 11 is 12.2. The van der Waals surface area contributed by atoms with E-state index in [1.54, 1.807) is 6.07 Å². The van der Waals surface area contributed by atoms with Crippen molar-refractivity contribution in [2.24, 2.45) is 0 Å². The van der Waals surface area contributed by atoms with Crippen LogP contribution in [0.2, 0.25) is 10.0 Å². The smallest absolute Gasteiger partial charge is 0.242 e. The van der Waals surface area contributed by atoms with Gasteiger partial charge in [-0.05, 0) is 50.4 Å². The van der Waals surface area contributed by atoms with Gasteiger partial charge in [-0.1, -0.05) is 30.1 Å². The molecule has 0 atom stereocenters. The summed E-state index contributed by atoms with van der Waals surface area (Å²) in [5.41, 5.74) is 0.367. The SMILES string of the molecule is CCNCc1cc(S(=O)(=O)NC2(C)CCC2)c(Cl)cc1Cl. The van der Waals surface area contributed by atoms with Gasteiger partial charge in [0.05, 0.1) is 5.02 Å². The van der Waals surface area contributed by atoms with Crippen molar-refractivity contribution in [3.63, 3.8) is 0 Å². The minimum atomic E-state index is -3.64. The summed E-state index contributed by atoms with van der Waals surface area (Å²) in [7, 11) is -3.64. The summed E-state index contributed by atoms with van der Waals surface area (Å²) in [6.45, 7) is 5.17. The molecule has 0 unspecified atom stereocenters. The van der Waals surface area contributed by atoms with Gasteiger partial charge in [0.15, 0.2) is 0 Å². The van der Waals surface area contributed by atoms with Crippen LogP contribution in [0.15, 0.2) is 17.0 Å². The maximum Gasteiger partial charge on any atom is 0.242 e. The summed E-state index contributed by atoms with van der Waals surface area (Å²) in [6.07, 6.45) is 2.74. The van der Waals surface area contributed by atoms with Gasteiger partial charge in [-0.2, -0.15) is 0 Å². The van der Waals surface area contributed by atoms with Crippen molar-refractivity contribution in [1.82, 2.24) is 10.0 Å². The van der Waals surface area contributed by atoms with Gasteiger partial charge in [-0.15, -0.1) is 0 Å². The number of halogens is 2. The Bertz CT molecular complexity index is 628. The number of rotatable bonds is 6. The molecule has 0 bridgehead atoms. The molecule has 1 fully saturated rings. The number of hydrogen-bond acceptors (Lipinski definition) is 3. The van der Waals surface area contributed by atoms with E-state index in [0.29, 0.717) is 11.6 Å². The highest BCUT2D eigenvalue weighted by Crippen LogP contribution is 2.35. The van der Waals surface area contributed by atoms with E-state index in [4.69, 9.17) is 23.2 Å². The lowest BCUT2D eigenvalue weighted by atomic mass is 9.80. The van der Waals surface area contributed by atoms with Crippen LogP contribution in [0.25, 0.3) is 0 Å². The normalized spacial score (nSPS) is 17.5. The van der Waals surface area contributed by atoms with Crippen molar-refractivity contribution >= 4 is 33.2 Å². The van der Waals surface area contributed by atoms with E-state index in [9.17, 15) is 8.42 Å². The first kappa shape index (κ1) is 17.0. The van der Waals surface area contributed by atoms with Crippen LogP contribution in [-0.4, -0.2) is 20.5 Å². The molecule has 0 aliphatic heterocycles. The molecule has 4 nitrogen and oxygen atoms in total. The quantitative estimate of drug-likeness (QED) is 0.827. The molecule has 0 amide bonds. The Morgan fingerprint density at radius 2 is 1.90 bits per heavy atom. The Morgan fingerprint density at radius 3 is 2.43 bits per heavy atom. The molecule has 0 heterocycles. The van der Waals surface area contributed by atoms with Gasteiger partial charge >= 0.3 is 0 Å². The number of nitrogens with one attached hydrogen (secondary N) is 2. The zero-order valence-corrected chi connectivity index (χ0v) is 14.5. The molecule has 1 aliphatic rings. The van der Waals surface area contributed by atoms with E-state index in [1.165, 1.54) is 6.07 Å². The first-order chi connectivity index (χ1) is 9.77. The average Bonchev–Trinajstić information content (AvgIpc) is 2.35. The average molecular weight is 351 g/mol. The Morgan fingerprint density at radius 1 is 1.24 bits per heavy atom. The lowest BCUT2D eigenvalue weighted by Gasteiger charge is -2.38. The molecule has 0 radical (unpaired) electrons. The molecule has 118 valence electrons. The van der Waals surface area contributed by atoms with E-state index >= 15 is 0 Å². The third-order valence-corrected chi connectivity index (χ3v) is 6.25. The van der Waals surface area contributed by atoms with E-state index in [-0.39, 0.29) is 15.5 Å².